The van der Waals surface area contributed by atoms with Crippen molar-refractivity contribution in [1.82, 2.24) is 4.57 Å². The molecule has 0 atom stereocenters. The largest absolute Gasteiger partial charge is 0.399 e. The summed E-state index contributed by atoms with van der Waals surface area (Å²) >= 11 is 2.39. The van der Waals surface area contributed by atoms with Crippen LogP contribution in [0.25, 0.3) is 21.8 Å². The maximum absolute atomic E-state index is 6.04. The predicted octanol–water partition coefficient (Wildman–Crippen LogP) is 7.12. The minimum atomic E-state index is 0.845. The number of fused-ring (bicyclic) bond motifs is 3. The van der Waals surface area contributed by atoms with Crippen LogP contribution in [0.5, 0.6) is 0 Å². The Morgan fingerprint density at radius 2 is 1.40 bits per heavy atom. The third-order valence-electron chi connectivity index (χ3n) is 5.09. The van der Waals surface area contributed by atoms with E-state index in [0.717, 1.165) is 12.2 Å². The number of nitrogens with zero attached hydrogens (tertiary/aromatic N) is 1. The van der Waals surface area contributed by atoms with Crippen LogP contribution < -0.4 is 5.73 Å². The predicted molar refractivity (Wildman–Crippen MR) is 119 cm³/mol. The molecule has 0 bridgehead atoms. The second-order valence-electron chi connectivity index (χ2n) is 7.06. The lowest BCUT2D eigenvalue weighted by Crippen LogP contribution is -1.98. The van der Waals surface area contributed by atoms with Crippen LogP contribution in [0.3, 0.4) is 0 Å². The summed E-state index contributed by atoms with van der Waals surface area (Å²) in [4.78, 5) is 0. The molecule has 3 heteroatoms. The van der Waals surface area contributed by atoms with Gasteiger partial charge in [0.25, 0.3) is 0 Å². The lowest BCUT2D eigenvalue weighted by Gasteiger charge is -2.08. The molecular weight excluding hydrogens is 419 g/mol. The summed E-state index contributed by atoms with van der Waals surface area (Å²) in [5.74, 6) is 0. The average Bonchev–Trinajstić information content (AvgIpc) is 2.90. The quantitative estimate of drug-likeness (QED) is 0.211. The molecule has 2 N–H and O–H groups in total. The molecule has 3 rings (SSSR count). The highest BCUT2D eigenvalue weighted by Crippen LogP contribution is 2.32. The molecule has 0 aliphatic carbocycles. The van der Waals surface area contributed by atoms with Gasteiger partial charge < -0.3 is 10.3 Å². The number of rotatable bonds is 9. The fraction of sp³-hybridized carbons (Fsp3) is 0.455. The smallest absolute Gasteiger partial charge is 0.0492 e. The molecule has 0 unspecified atom stereocenters. The fourth-order valence-electron chi connectivity index (χ4n) is 3.74. The fourth-order valence-corrected chi connectivity index (χ4v) is 4.23. The van der Waals surface area contributed by atoms with Gasteiger partial charge in [-0.1, -0.05) is 51.9 Å². The van der Waals surface area contributed by atoms with E-state index in [1.54, 1.807) is 0 Å². The molecule has 0 spiro atoms. The highest BCUT2D eigenvalue weighted by molar-refractivity contribution is 14.1. The van der Waals surface area contributed by atoms with Crippen molar-refractivity contribution in [2.24, 2.45) is 0 Å². The lowest BCUT2D eigenvalue weighted by molar-refractivity contribution is 0.553. The summed E-state index contributed by atoms with van der Waals surface area (Å²) in [7, 11) is 0. The van der Waals surface area contributed by atoms with Crippen molar-refractivity contribution in [3.63, 3.8) is 0 Å². The second-order valence-corrected chi connectivity index (χ2v) is 8.31. The minimum absolute atomic E-state index is 0.845. The van der Waals surface area contributed by atoms with Crippen LogP contribution in [0.1, 0.15) is 58.3 Å². The molecule has 134 valence electrons. The molecule has 0 saturated carbocycles. The van der Waals surface area contributed by atoms with Gasteiger partial charge in [-0.05, 0) is 65.4 Å². The number of aromatic nitrogens is 1. The van der Waals surface area contributed by atoms with Gasteiger partial charge in [-0.2, -0.15) is 0 Å². The first-order valence-corrected chi connectivity index (χ1v) is 10.8. The third-order valence-corrected chi connectivity index (χ3v) is 5.76. The first kappa shape index (κ1) is 18.6. The van der Waals surface area contributed by atoms with Gasteiger partial charge in [0.1, 0.15) is 0 Å². The summed E-state index contributed by atoms with van der Waals surface area (Å²) in [6.45, 7) is 3.37. The van der Waals surface area contributed by atoms with Crippen LogP contribution in [0.15, 0.2) is 36.4 Å². The molecule has 2 nitrogen and oxygen atoms in total. The Morgan fingerprint density at radius 1 is 0.800 bits per heavy atom. The Hall–Kier alpha value is -1.23. The third kappa shape index (κ3) is 4.49. The highest BCUT2D eigenvalue weighted by Gasteiger charge is 2.11. The van der Waals surface area contributed by atoms with Crippen LogP contribution >= 0.6 is 22.6 Å². The summed E-state index contributed by atoms with van der Waals surface area (Å²) in [6.07, 6.45) is 10.9. The van der Waals surface area contributed by atoms with Gasteiger partial charge >= 0.3 is 0 Å². The van der Waals surface area contributed by atoms with Gasteiger partial charge in [-0.15, -0.1) is 0 Å². The maximum atomic E-state index is 6.04. The molecular formula is C22H29IN2. The first-order valence-electron chi connectivity index (χ1n) is 9.67. The van der Waals surface area contributed by atoms with Crippen molar-refractivity contribution in [3.8, 4) is 0 Å². The van der Waals surface area contributed by atoms with E-state index in [9.17, 15) is 0 Å². The van der Waals surface area contributed by atoms with Gasteiger partial charge in [-0.3, -0.25) is 0 Å². The van der Waals surface area contributed by atoms with Crippen molar-refractivity contribution in [2.75, 3.05) is 5.73 Å². The van der Waals surface area contributed by atoms with E-state index >= 15 is 0 Å². The van der Waals surface area contributed by atoms with Crippen LogP contribution in [0, 0.1) is 3.57 Å². The van der Waals surface area contributed by atoms with Crippen molar-refractivity contribution in [1.29, 1.82) is 0 Å². The molecule has 1 heterocycles. The number of benzene rings is 2. The number of nitrogen functional groups attached to an aromatic ring is 1. The number of unbranched alkanes of at least 4 members (excludes halogenated alkanes) is 7. The topological polar surface area (TPSA) is 30.9 Å². The normalized spacial score (nSPS) is 11.6. The zero-order valence-electron chi connectivity index (χ0n) is 15.2. The average molecular weight is 448 g/mol. The van der Waals surface area contributed by atoms with Crippen LogP contribution in [-0.2, 0) is 6.54 Å². The summed E-state index contributed by atoms with van der Waals surface area (Å²) in [6, 6.07) is 13.1. The van der Waals surface area contributed by atoms with Gasteiger partial charge in [0.2, 0.25) is 0 Å². The lowest BCUT2D eigenvalue weighted by atomic mass is 10.1. The van der Waals surface area contributed by atoms with Gasteiger partial charge in [-0.25, -0.2) is 0 Å². The van der Waals surface area contributed by atoms with Crippen molar-refractivity contribution in [3.05, 3.63) is 40.0 Å². The maximum Gasteiger partial charge on any atom is 0.0492 e. The number of aryl methyl sites for hydroxylation is 1. The molecule has 0 aliphatic rings. The molecule has 1 aromatic heterocycles. The second kappa shape index (κ2) is 8.93. The summed E-state index contributed by atoms with van der Waals surface area (Å²) < 4.78 is 3.76. The molecule has 0 radical (unpaired) electrons. The number of hydrogen-bond acceptors (Lipinski definition) is 1. The number of hydrogen-bond donors (Lipinski definition) is 1. The standard InChI is InChI=1S/C22H29IN2/c1-2-3-4-5-6-7-8-9-14-25-21-12-10-17(23)15-19(21)20-16-18(24)11-13-22(20)25/h10-13,15-16H,2-9,14,24H2,1H3. The molecule has 3 aromatic rings. The Bertz CT molecular complexity index is 776. The van der Waals surface area contributed by atoms with Crippen molar-refractivity contribution < 1.29 is 0 Å². The SMILES string of the molecule is CCCCCCCCCCn1c2ccc(N)cc2c2cc(I)ccc21. The monoisotopic (exact) mass is 448 g/mol. The Balaban J connectivity index is 1.70. The van der Waals surface area contributed by atoms with Gasteiger partial charge in [0.05, 0.1) is 0 Å². The molecule has 0 fully saturated rings. The van der Waals surface area contributed by atoms with E-state index in [4.69, 9.17) is 5.73 Å². The van der Waals surface area contributed by atoms with E-state index in [2.05, 4.69) is 64.4 Å². The first-order chi connectivity index (χ1) is 12.2. The minimum Gasteiger partial charge on any atom is -0.399 e. The van der Waals surface area contributed by atoms with Crippen LogP contribution in [0.2, 0.25) is 0 Å². The zero-order chi connectivity index (χ0) is 17.6. The molecule has 2 aromatic carbocycles. The number of anilines is 1. The van der Waals surface area contributed by atoms with E-state index in [1.807, 2.05) is 6.07 Å². The molecule has 0 saturated heterocycles. The number of halogens is 1. The Morgan fingerprint density at radius 3 is 2.12 bits per heavy atom. The highest BCUT2D eigenvalue weighted by atomic mass is 127. The van der Waals surface area contributed by atoms with E-state index in [0.29, 0.717) is 0 Å². The zero-order valence-corrected chi connectivity index (χ0v) is 17.4. The van der Waals surface area contributed by atoms with Gasteiger partial charge in [0.15, 0.2) is 0 Å². The Labute approximate surface area is 164 Å². The van der Waals surface area contributed by atoms with E-state index in [-0.39, 0.29) is 0 Å². The van der Waals surface area contributed by atoms with Gasteiger partial charge in [0, 0.05) is 37.6 Å². The Kier molecular flexibility index (Phi) is 6.63. The molecule has 0 aliphatic heterocycles. The summed E-state index contributed by atoms with van der Waals surface area (Å²) in [5.41, 5.74) is 9.54. The summed E-state index contributed by atoms with van der Waals surface area (Å²) in [5, 5.41) is 2.61. The molecule has 0 amide bonds. The van der Waals surface area contributed by atoms with Crippen molar-refractivity contribution >= 4 is 50.1 Å². The molecule has 25 heavy (non-hydrogen) atoms. The van der Waals surface area contributed by atoms with E-state index in [1.165, 1.54) is 76.7 Å². The van der Waals surface area contributed by atoms with Crippen LogP contribution in [0.4, 0.5) is 5.69 Å². The van der Waals surface area contributed by atoms with Crippen LogP contribution in [-0.4, -0.2) is 4.57 Å². The number of nitrogens with two attached hydrogens (primary N) is 1. The van der Waals surface area contributed by atoms with Crippen molar-refractivity contribution in [2.45, 2.75) is 64.8 Å². The van der Waals surface area contributed by atoms with E-state index < -0.39 is 0 Å².